The molecule has 0 radical (unpaired) electrons. The van der Waals surface area contributed by atoms with Crippen molar-refractivity contribution in [1.29, 1.82) is 0 Å². The Morgan fingerprint density at radius 2 is 1.91 bits per heavy atom. The van der Waals surface area contributed by atoms with E-state index in [4.69, 9.17) is 11.6 Å². The van der Waals surface area contributed by atoms with Crippen LogP contribution in [0.1, 0.15) is 25.7 Å². The molecule has 2 fully saturated rings. The van der Waals surface area contributed by atoms with Gasteiger partial charge in [-0.05, 0) is 49.9 Å². The number of carbonyl (C=O) groups is 3. The van der Waals surface area contributed by atoms with Crippen molar-refractivity contribution in [2.24, 2.45) is 5.92 Å². The van der Waals surface area contributed by atoms with Crippen LogP contribution in [0.4, 0.5) is 5.69 Å². The Kier molecular flexibility index (Phi) is 4.02. The number of nitrogens with zero attached hydrogens (tertiary/aromatic N) is 1. The lowest BCUT2D eigenvalue weighted by molar-refractivity contribution is -0.153. The van der Waals surface area contributed by atoms with Crippen molar-refractivity contribution in [1.82, 2.24) is 5.32 Å². The molecule has 122 valence electrons. The molecule has 0 bridgehead atoms. The van der Waals surface area contributed by atoms with Crippen LogP contribution in [0.15, 0.2) is 24.3 Å². The minimum Gasteiger partial charge on any atom is -0.480 e. The predicted octanol–water partition coefficient (Wildman–Crippen LogP) is 1.82. The van der Waals surface area contributed by atoms with Crippen molar-refractivity contribution in [2.75, 3.05) is 11.4 Å². The monoisotopic (exact) mass is 336 g/mol. The first-order valence-electron chi connectivity index (χ1n) is 7.55. The summed E-state index contributed by atoms with van der Waals surface area (Å²) in [6, 6.07) is 6.83. The lowest BCUT2D eigenvalue weighted by Gasteiger charge is -2.38. The molecule has 7 heteroatoms. The zero-order valence-corrected chi connectivity index (χ0v) is 13.2. The molecular weight excluding hydrogens is 320 g/mol. The molecule has 1 unspecified atom stereocenters. The Morgan fingerprint density at radius 3 is 2.43 bits per heavy atom. The molecule has 1 aromatic rings. The Morgan fingerprint density at radius 1 is 1.26 bits per heavy atom. The van der Waals surface area contributed by atoms with Gasteiger partial charge < -0.3 is 15.3 Å². The van der Waals surface area contributed by atoms with Gasteiger partial charge in [-0.25, -0.2) is 4.79 Å². The quantitative estimate of drug-likeness (QED) is 0.821. The molecule has 3 rings (SSSR count). The Bertz CT molecular complexity index is 655. The minimum atomic E-state index is -1.19. The van der Waals surface area contributed by atoms with E-state index in [1.54, 1.807) is 24.3 Å². The minimum absolute atomic E-state index is 0.301. The van der Waals surface area contributed by atoms with Crippen LogP contribution < -0.4 is 10.2 Å². The molecule has 6 nitrogen and oxygen atoms in total. The Balaban J connectivity index is 1.70. The highest BCUT2D eigenvalue weighted by Gasteiger charge is 2.48. The number of halogens is 1. The summed E-state index contributed by atoms with van der Waals surface area (Å²) in [5.74, 6) is -2.65. The molecule has 2 amide bonds. The maximum absolute atomic E-state index is 12.5. The van der Waals surface area contributed by atoms with Crippen LogP contribution in [0.3, 0.4) is 0 Å². The van der Waals surface area contributed by atoms with Crippen molar-refractivity contribution in [3.63, 3.8) is 0 Å². The largest absolute Gasteiger partial charge is 0.480 e. The molecule has 1 aromatic carbocycles. The SMILES string of the molecule is O=C(NC1(C(=O)O)CCC1)C1CCN(c2ccc(Cl)cc2)C1=O. The third kappa shape index (κ3) is 2.79. The fourth-order valence-electron chi connectivity index (χ4n) is 3.05. The lowest BCUT2D eigenvalue weighted by atomic mass is 9.76. The summed E-state index contributed by atoms with van der Waals surface area (Å²) >= 11 is 5.84. The number of hydrogen-bond donors (Lipinski definition) is 2. The molecule has 2 N–H and O–H groups in total. The molecule has 2 aliphatic rings. The standard InChI is InChI=1S/C16H17ClN2O4/c17-10-2-4-11(5-3-10)19-9-6-12(14(19)21)13(20)18-16(15(22)23)7-1-8-16/h2-5,12H,1,6-9H2,(H,18,20)(H,22,23). The van der Waals surface area contributed by atoms with E-state index in [0.29, 0.717) is 36.5 Å². The van der Waals surface area contributed by atoms with Gasteiger partial charge in [-0.1, -0.05) is 11.6 Å². The maximum Gasteiger partial charge on any atom is 0.329 e. The van der Waals surface area contributed by atoms with Gasteiger partial charge in [0.2, 0.25) is 11.8 Å². The molecule has 1 atom stereocenters. The lowest BCUT2D eigenvalue weighted by Crippen LogP contribution is -2.60. The number of aliphatic carboxylic acids is 1. The van der Waals surface area contributed by atoms with Gasteiger partial charge in [-0.15, -0.1) is 0 Å². The maximum atomic E-state index is 12.5. The zero-order chi connectivity index (χ0) is 16.6. The highest BCUT2D eigenvalue weighted by molar-refractivity contribution is 6.30. The first-order valence-corrected chi connectivity index (χ1v) is 7.93. The molecule has 1 heterocycles. The second-order valence-corrected chi connectivity index (χ2v) is 6.47. The summed E-state index contributed by atoms with van der Waals surface area (Å²) in [5.41, 5.74) is -0.503. The number of carboxylic acids is 1. The van der Waals surface area contributed by atoms with Crippen LogP contribution in [0.5, 0.6) is 0 Å². The van der Waals surface area contributed by atoms with Gasteiger partial charge >= 0.3 is 5.97 Å². The summed E-state index contributed by atoms with van der Waals surface area (Å²) in [5, 5.41) is 12.4. The van der Waals surface area contributed by atoms with Gasteiger partial charge in [0.15, 0.2) is 0 Å². The Hall–Kier alpha value is -2.08. The van der Waals surface area contributed by atoms with E-state index in [0.717, 1.165) is 6.42 Å². The van der Waals surface area contributed by atoms with Crippen LogP contribution in [0.25, 0.3) is 0 Å². The second kappa shape index (κ2) is 5.85. The molecule has 23 heavy (non-hydrogen) atoms. The van der Waals surface area contributed by atoms with E-state index < -0.39 is 23.3 Å². The average Bonchev–Trinajstić information content (AvgIpc) is 2.85. The van der Waals surface area contributed by atoms with Crippen LogP contribution in [-0.4, -0.2) is 35.0 Å². The summed E-state index contributed by atoms with van der Waals surface area (Å²) in [6.07, 6.45) is 1.97. The summed E-state index contributed by atoms with van der Waals surface area (Å²) in [6.45, 7) is 0.429. The summed E-state index contributed by atoms with van der Waals surface area (Å²) in [7, 11) is 0. The van der Waals surface area contributed by atoms with E-state index in [9.17, 15) is 19.5 Å². The number of nitrogens with one attached hydrogen (secondary N) is 1. The number of benzene rings is 1. The van der Waals surface area contributed by atoms with Crippen LogP contribution in [-0.2, 0) is 14.4 Å². The van der Waals surface area contributed by atoms with E-state index in [1.165, 1.54) is 4.90 Å². The van der Waals surface area contributed by atoms with Gasteiger partial charge in [0.1, 0.15) is 11.5 Å². The zero-order valence-electron chi connectivity index (χ0n) is 12.4. The van der Waals surface area contributed by atoms with Crippen molar-refractivity contribution in [3.05, 3.63) is 29.3 Å². The van der Waals surface area contributed by atoms with E-state index in [1.807, 2.05) is 0 Å². The third-order valence-corrected chi connectivity index (χ3v) is 4.89. The highest BCUT2D eigenvalue weighted by Crippen LogP contribution is 2.33. The van der Waals surface area contributed by atoms with Gasteiger partial charge in [-0.2, -0.15) is 0 Å². The van der Waals surface area contributed by atoms with Crippen molar-refractivity contribution >= 4 is 35.1 Å². The Labute approximate surface area is 138 Å². The number of rotatable bonds is 4. The normalized spacial score (nSPS) is 22.6. The van der Waals surface area contributed by atoms with Crippen molar-refractivity contribution in [2.45, 2.75) is 31.2 Å². The molecule has 1 aliphatic carbocycles. The fraction of sp³-hybridized carbons (Fsp3) is 0.438. The topological polar surface area (TPSA) is 86.7 Å². The smallest absolute Gasteiger partial charge is 0.329 e. The number of anilines is 1. The van der Waals surface area contributed by atoms with Crippen LogP contribution in [0, 0.1) is 5.92 Å². The molecule has 1 aliphatic heterocycles. The molecule has 1 saturated carbocycles. The van der Waals surface area contributed by atoms with E-state index >= 15 is 0 Å². The van der Waals surface area contributed by atoms with Crippen molar-refractivity contribution < 1.29 is 19.5 Å². The van der Waals surface area contributed by atoms with E-state index in [2.05, 4.69) is 5.32 Å². The predicted molar refractivity (Wildman–Crippen MR) is 84.3 cm³/mol. The first kappa shape index (κ1) is 15.8. The highest BCUT2D eigenvalue weighted by atomic mass is 35.5. The molecule has 0 spiro atoms. The first-order chi connectivity index (χ1) is 10.9. The number of hydrogen-bond acceptors (Lipinski definition) is 3. The van der Waals surface area contributed by atoms with Gasteiger partial charge in [-0.3, -0.25) is 9.59 Å². The summed E-state index contributed by atoms with van der Waals surface area (Å²) in [4.78, 5) is 37.7. The van der Waals surface area contributed by atoms with Crippen molar-refractivity contribution in [3.8, 4) is 0 Å². The van der Waals surface area contributed by atoms with E-state index in [-0.39, 0.29) is 5.91 Å². The number of carboxylic acid groups (broad SMARTS) is 1. The second-order valence-electron chi connectivity index (χ2n) is 6.04. The fourth-order valence-corrected chi connectivity index (χ4v) is 3.17. The van der Waals surface area contributed by atoms with Gasteiger partial charge in [0.25, 0.3) is 0 Å². The average molecular weight is 337 g/mol. The summed E-state index contributed by atoms with van der Waals surface area (Å²) < 4.78 is 0. The van der Waals surface area contributed by atoms with Crippen LogP contribution in [0.2, 0.25) is 5.02 Å². The molecule has 1 saturated heterocycles. The number of amides is 2. The van der Waals surface area contributed by atoms with Crippen LogP contribution >= 0.6 is 11.6 Å². The molecule has 0 aromatic heterocycles. The molecular formula is C16H17ClN2O4. The van der Waals surface area contributed by atoms with Gasteiger partial charge in [0, 0.05) is 17.3 Å². The number of carbonyl (C=O) groups excluding carboxylic acids is 2. The van der Waals surface area contributed by atoms with Gasteiger partial charge in [0.05, 0.1) is 0 Å². The third-order valence-electron chi connectivity index (χ3n) is 4.64.